The second kappa shape index (κ2) is 2.86. The summed E-state index contributed by atoms with van der Waals surface area (Å²) in [6.07, 6.45) is 0. The molecule has 60 valence electrons. The summed E-state index contributed by atoms with van der Waals surface area (Å²) in [5.41, 5.74) is 4.86. The Kier molecular flexibility index (Phi) is 2.23. The monoisotopic (exact) mass is 167 g/mol. The number of hydrogen-bond donors (Lipinski definition) is 1. The van der Waals surface area contributed by atoms with E-state index in [1.807, 2.05) is 6.92 Å². The van der Waals surface area contributed by atoms with Crippen molar-refractivity contribution in [3.63, 3.8) is 0 Å². The normalized spacial score (nSPS) is 10.3. The molecule has 1 aromatic rings. The highest BCUT2D eigenvalue weighted by Gasteiger charge is 2.04. The zero-order valence-electron chi connectivity index (χ0n) is 7.39. The first-order valence-corrected chi connectivity index (χ1v) is 4.12. The molecule has 0 saturated carbocycles. The average molecular weight is 167 g/mol. The molecule has 0 amide bonds. The number of pyridine rings is 1. The van der Waals surface area contributed by atoms with E-state index >= 15 is 0 Å². The van der Waals surface area contributed by atoms with Crippen LogP contribution in [0.2, 0.25) is 0 Å². The Labute approximate surface area is 73.3 Å². The van der Waals surface area contributed by atoms with Crippen molar-refractivity contribution in [1.82, 2.24) is 4.98 Å². The predicted octanol–water partition coefficient (Wildman–Crippen LogP) is 2.60. The van der Waals surface area contributed by atoms with Gasteiger partial charge in [0.2, 0.25) is 0 Å². The van der Waals surface area contributed by atoms with Gasteiger partial charge in [0.15, 0.2) is 0 Å². The Hall–Kier alpha value is -0.500. The molecule has 0 saturated heterocycles. The average Bonchev–Trinajstić information content (AvgIpc) is 1.97. The fourth-order valence-corrected chi connectivity index (χ4v) is 1.36. The first kappa shape index (κ1) is 8.60. The molecule has 0 fully saturated rings. The summed E-state index contributed by atoms with van der Waals surface area (Å²) >= 11 is 4.27. The molecule has 1 rings (SSSR count). The summed E-state index contributed by atoms with van der Waals surface area (Å²) in [7, 11) is 0. The van der Waals surface area contributed by atoms with Crippen LogP contribution in [0.5, 0.6) is 0 Å². The Morgan fingerprint density at radius 2 is 1.45 bits per heavy atom. The molecule has 0 radical (unpaired) electrons. The van der Waals surface area contributed by atoms with Crippen molar-refractivity contribution in [2.24, 2.45) is 0 Å². The van der Waals surface area contributed by atoms with Crippen LogP contribution in [-0.2, 0) is 0 Å². The lowest BCUT2D eigenvalue weighted by molar-refractivity contribution is 0.982. The highest BCUT2D eigenvalue weighted by molar-refractivity contribution is 7.80. The van der Waals surface area contributed by atoms with Crippen LogP contribution < -0.4 is 0 Å². The van der Waals surface area contributed by atoms with Crippen molar-refractivity contribution in [1.29, 1.82) is 0 Å². The van der Waals surface area contributed by atoms with E-state index in [0.717, 1.165) is 10.7 Å². The van der Waals surface area contributed by atoms with Gasteiger partial charge < -0.3 is 0 Å². The summed E-state index contributed by atoms with van der Waals surface area (Å²) in [5.74, 6) is 0. The van der Waals surface area contributed by atoms with Gasteiger partial charge in [-0.15, -0.1) is 12.6 Å². The molecule has 11 heavy (non-hydrogen) atoms. The second-order valence-electron chi connectivity index (χ2n) is 2.90. The molecule has 0 atom stereocenters. The summed E-state index contributed by atoms with van der Waals surface area (Å²) in [4.78, 5) is 4.30. The molecule has 0 spiro atoms. The fraction of sp³-hybridized carbons (Fsp3) is 0.444. The third-order valence-corrected chi connectivity index (χ3v) is 2.71. The van der Waals surface area contributed by atoms with E-state index in [0.29, 0.717) is 0 Å². The molecule has 0 aromatic carbocycles. The summed E-state index contributed by atoms with van der Waals surface area (Å²) in [5, 5.41) is 0.852. The Morgan fingerprint density at radius 1 is 0.909 bits per heavy atom. The van der Waals surface area contributed by atoms with E-state index < -0.39 is 0 Å². The summed E-state index contributed by atoms with van der Waals surface area (Å²) < 4.78 is 0. The topological polar surface area (TPSA) is 12.9 Å². The van der Waals surface area contributed by atoms with Crippen molar-refractivity contribution in [2.45, 2.75) is 32.7 Å². The Bertz CT molecular complexity index is 266. The number of aromatic nitrogens is 1. The van der Waals surface area contributed by atoms with Crippen LogP contribution in [0.15, 0.2) is 5.03 Å². The predicted molar refractivity (Wildman–Crippen MR) is 50.4 cm³/mol. The van der Waals surface area contributed by atoms with Gasteiger partial charge in [-0.1, -0.05) is 0 Å². The van der Waals surface area contributed by atoms with Gasteiger partial charge in [0, 0.05) is 5.69 Å². The van der Waals surface area contributed by atoms with Crippen molar-refractivity contribution < 1.29 is 0 Å². The van der Waals surface area contributed by atoms with Gasteiger partial charge in [-0.05, 0) is 44.4 Å². The van der Waals surface area contributed by atoms with Crippen LogP contribution in [-0.4, -0.2) is 4.98 Å². The third kappa shape index (κ3) is 1.41. The maximum Gasteiger partial charge on any atom is 0.0964 e. The van der Waals surface area contributed by atoms with E-state index in [4.69, 9.17) is 0 Å². The summed E-state index contributed by atoms with van der Waals surface area (Å²) in [6.45, 7) is 8.27. The largest absolute Gasteiger partial charge is 0.247 e. The number of thiol groups is 1. The molecule has 1 aromatic heterocycles. The number of hydrogen-bond acceptors (Lipinski definition) is 2. The van der Waals surface area contributed by atoms with Crippen LogP contribution in [0, 0.1) is 27.7 Å². The van der Waals surface area contributed by atoms with E-state index in [2.05, 4.69) is 38.4 Å². The van der Waals surface area contributed by atoms with Gasteiger partial charge in [0.25, 0.3) is 0 Å². The van der Waals surface area contributed by atoms with E-state index in [9.17, 15) is 0 Å². The molecule has 1 nitrogen and oxygen atoms in total. The van der Waals surface area contributed by atoms with Crippen LogP contribution in [0.3, 0.4) is 0 Å². The van der Waals surface area contributed by atoms with Crippen molar-refractivity contribution in [3.8, 4) is 0 Å². The molecule has 0 aliphatic heterocycles. The number of aryl methyl sites for hydroxylation is 1. The highest BCUT2D eigenvalue weighted by Crippen LogP contribution is 2.19. The first-order chi connectivity index (χ1) is 5.04. The molecular formula is C9H13NS. The van der Waals surface area contributed by atoms with Gasteiger partial charge in [-0.3, -0.25) is 0 Å². The molecule has 1 heterocycles. The smallest absolute Gasteiger partial charge is 0.0964 e. The lowest BCUT2D eigenvalue weighted by Crippen LogP contribution is -1.96. The van der Waals surface area contributed by atoms with E-state index in [1.54, 1.807) is 0 Å². The van der Waals surface area contributed by atoms with Crippen molar-refractivity contribution in [2.75, 3.05) is 0 Å². The van der Waals surface area contributed by atoms with Crippen LogP contribution in [0.1, 0.15) is 22.4 Å². The first-order valence-electron chi connectivity index (χ1n) is 3.67. The van der Waals surface area contributed by atoms with E-state index in [1.165, 1.54) is 16.7 Å². The van der Waals surface area contributed by atoms with Crippen molar-refractivity contribution in [3.05, 3.63) is 22.4 Å². The minimum Gasteiger partial charge on any atom is -0.247 e. The molecule has 0 unspecified atom stereocenters. The lowest BCUT2D eigenvalue weighted by Gasteiger charge is -2.08. The molecule has 0 aliphatic rings. The fourth-order valence-electron chi connectivity index (χ4n) is 1.05. The van der Waals surface area contributed by atoms with Gasteiger partial charge in [0.05, 0.1) is 5.03 Å². The molecule has 2 heteroatoms. The molecule has 0 N–H and O–H groups in total. The minimum absolute atomic E-state index is 0.852. The van der Waals surface area contributed by atoms with Gasteiger partial charge in [0.1, 0.15) is 0 Å². The van der Waals surface area contributed by atoms with Gasteiger partial charge >= 0.3 is 0 Å². The maximum atomic E-state index is 4.30. The SMILES string of the molecule is Cc1nc(S)c(C)c(C)c1C. The zero-order valence-corrected chi connectivity index (χ0v) is 8.29. The quantitative estimate of drug-likeness (QED) is 0.586. The standard InChI is InChI=1S/C9H13NS/c1-5-6(2)8(4)10-9(11)7(5)3/h1-4H3,(H,10,11). The van der Waals surface area contributed by atoms with E-state index in [-0.39, 0.29) is 0 Å². The van der Waals surface area contributed by atoms with Gasteiger partial charge in [-0.2, -0.15) is 0 Å². The molecular weight excluding hydrogens is 154 g/mol. The number of nitrogens with zero attached hydrogens (tertiary/aromatic N) is 1. The second-order valence-corrected chi connectivity index (χ2v) is 3.32. The Morgan fingerprint density at radius 3 is 2.00 bits per heavy atom. The summed E-state index contributed by atoms with van der Waals surface area (Å²) in [6, 6.07) is 0. The van der Waals surface area contributed by atoms with Gasteiger partial charge in [-0.25, -0.2) is 4.98 Å². The third-order valence-electron chi connectivity index (χ3n) is 2.28. The minimum atomic E-state index is 0.852. The highest BCUT2D eigenvalue weighted by atomic mass is 32.1. The van der Waals surface area contributed by atoms with Crippen LogP contribution in [0.4, 0.5) is 0 Å². The molecule has 0 aliphatic carbocycles. The number of rotatable bonds is 0. The van der Waals surface area contributed by atoms with Crippen LogP contribution in [0.25, 0.3) is 0 Å². The Balaban J connectivity index is 3.46. The van der Waals surface area contributed by atoms with Crippen LogP contribution >= 0.6 is 12.6 Å². The van der Waals surface area contributed by atoms with Crippen molar-refractivity contribution >= 4 is 12.6 Å². The lowest BCUT2D eigenvalue weighted by atomic mass is 10.1. The molecule has 0 bridgehead atoms. The zero-order chi connectivity index (χ0) is 8.59. The maximum absolute atomic E-state index is 4.30.